The van der Waals surface area contributed by atoms with Gasteiger partial charge in [0.2, 0.25) is 0 Å². The predicted molar refractivity (Wildman–Crippen MR) is 141 cm³/mol. The minimum atomic E-state index is -0.398. The van der Waals surface area contributed by atoms with E-state index in [2.05, 4.69) is 125 Å². The van der Waals surface area contributed by atoms with Gasteiger partial charge < -0.3 is 5.73 Å². The Hall–Kier alpha value is -3.62. The molecule has 0 aromatic heterocycles. The second-order valence-electron chi connectivity index (χ2n) is 8.49. The number of fused-ring (bicyclic) bond motifs is 3. The fraction of sp³-hybridized carbons (Fsp3) is 0.0323. The van der Waals surface area contributed by atoms with E-state index < -0.39 is 5.41 Å². The molecule has 0 aliphatic heterocycles. The van der Waals surface area contributed by atoms with Gasteiger partial charge in [-0.05, 0) is 67.0 Å². The Kier molecular flexibility index (Phi) is 4.70. The highest BCUT2D eigenvalue weighted by atomic mass is 79.9. The molecule has 1 aliphatic rings. The van der Waals surface area contributed by atoms with Crippen LogP contribution in [0.15, 0.2) is 126 Å². The van der Waals surface area contributed by atoms with Gasteiger partial charge in [0, 0.05) is 10.0 Å². The van der Waals surface area contributed by atoms with Crippen molar-refractivity contribution in [3.63, 3.8) is 0 Å². The first-order chi connectivity index (χ1) is 16.2. The van der Waals surface area contributed by atoms with Crippen molar-refractivity contribution in [2.24, 2.45) is 0 Å². The largest absolute Gasteiger partial charge is 0.397 e. The summed E-state index contributed by atoms with van der Waals surface area (Å²) in [4.78, 5) is 0. The van der Waals surface area contributed by atoms with E-state index in [0.29, 0.717) is 0 Å². The summed E-state index contributed by atoms with van der Waals surface area (Å²) in [5.41, 5.74) is 16.7. The van der Waals surface area contributed by atoms with E-state index in [-0.39, 0.29) is 0 Å². The highest BCUT2D eigenvalue weighted by Gasteiger charge is 2.45. The molecule has 2 N–H and O–H groups in total. The van der Waals surface area contributed by atoms with Gasteiger partial charge in [-0.25, -0.2) is 0 Å². The minimum absolute atomic E-state index is 0.398. The lowest BCUT2D eigenvalue weighted by Crippen LogP contribution is -2.28. The fourth-order valence-electron chi connectivity index (χ4n) is 5.42. The number of para-hydroxylation sites is 1. The molecule has 0 saturated carbocycles. The van der Waals surface area contributed by atoms with Gasteiger partial charge in [0.15, 0.2) is 0 Å². The van der Waals surface area contributed by atoms with E-state index in [0.717, 1.165) is 21.3 Å². The van der Waals surface area contributed by atoms with Crippen LogP contribution in [0, 0.1) is 0 Å². The lowest BCUT2D eigenvalue weighted by Gasteiger charge is -2.34. The zero-order chi connectivity index (χ0) is 22.4. The lowest BCUT2D eigenvalue weighted by molar-refractivity contribution is 0.769. The van der Waals surface area contributed by atoms with E-state index in [4.69, 9.17) is 5.73 Å². The van der Waals surface area contributed by atoms with Gasteiger partial charge in [0.25, 0.3) is 0 Å². The third kappa shape index (κ3) is 2.91. The normalized spacial score (nSPS) is 13.4. The SMILES string of the molecule is Nc1c(Br)cccc1-c1cccc(C2(c3ccccc3)c3ccccc3-c3ccccc32)c1. The van der Waals surface area contributed by atoms with Gasteiger partial charge in [-0.3, -0.25) is 0 Å². The molecular formula is C31H22BrN. The fourth-order valence-corrected chi connectivity index (χ4v) is 5.79. The number of nitrogen functional groups attached to an aromatic ring is 1. The van der Waals surface area contributed by atoms with E-state index in [1.165, 1.54) is 33.4 Å². The molecule has 0 spiro atoms. The van der Waals surface area contributed by atoms with Crippen molar-refractivity contribution < 1.29 is 0 Å². The zero-order valence-electron chi connectivity index (χ0n) is 18.0. The van der Waals surface area contributed by atoms with Crippen LogP contribution < -0.4 is 5.73 Å². The molecule has 0 unspecified atom stereocenters. The van der Waals surface area contributed by atoms with Crippen molar-refractivity contribution in [2.75, 3.05) is 5.73 Å². The van der Waals surface area contributed by atoms with Crippen LogP contribution >= 0.6 is 15.9 Å². The summed E-state index contributed by atoms with van der Waals surface area (Å²) >= 11 is 3.59. The molecule has 0 fully saturated rings. The molecule has 0 atom stereocenters. The second-order valence-corrected chi connectivity index (χ2v) is 9.34. The van der Waals surface area contributed by atoms with Crippen molar-refractivity contribution >= 4 is 21.6 Å². The summed E-state index contributed by atoms with van der Waals surface area (Å²) in [5.74, 6) is 0. The molecule has 158 valence electrons. The first-order valence-electron chi connectivity index (χ1n) is 11.1. The minimum Gasteiger partial charge on any atom is -0.397 e. The summed E-state index contributed by atoms with van der Waals surface area (Å²) in [5, 5.41) is 0. The lowest BCUT2D eigenvalue weighted by atomic mass is 9.67. The van der Waals surface area contributed by atoms with Gasteiger partial charge >= 0.3 is 0 Å². The number of benzene rings is 5. The van der Waals surface area contributed by atoms with Gasteiger partial charge in [-0.15, -0.1) is 0 Å². The number of halogens is 1. The Morgan fingerprint density at radius 2 is 1.06 bits per heavy atom. The molecule has 1 aliphatic carbocycles. The van der Waals surface area contributed by atoms with Crippen LogP contribution in [0.4, 0.5) is 5.69 Å². The molecule has 0 amide bonds. The number of hydrogen-bond donors (Lipinski definition) is 1. The maximum absolute atomic E-state index is 6.47. The summed E-state index contributed by atoms with van der Waals surface area (Å²) < 4.78 is 0.916. The summed E-state index contributed by atoms with van der Waals surface area (Å²) in [6.45, 7) is 0. The van der Waals surface area contributed by atoms with E-state index in [9.17, 15) is 0 Å². The Bertz CT molecular complexity index is 1440. The average molecular weight is 488 g/mol. The average Bonchev–Trinajstić information content (AvgIpc) is 3.18. The molecule has 2 heteroatoms. The molecule has 0 radical (unpaired) electrons. The van der Waals surface area contributed by atoms with Gasteiger partial charge in [-0.1, -0.05) is 109 Å². The van der Waals surface area contributed by atoms with E-state index in [1.807, 2.05) is 12.1 Å². The monoisotopic (exact) mass is 487 g/mol. The number of nitrogens with two attached hydrogens (primary N) is 1. The van der Waals surface area contributed by atoms with Gasteiger partial charge in [0.05, 0.1) is 11.1 Å². The van der Waals surface area contributed by atoms with Crippen molar-refractivity contribution in [1.82, 2.24) is 0 Å². The number of anilines is 1. The second kappa shape index (κ2) is 7.75. The van der Waals surface area contributed by atoms with E-state index >= 15 is 0 Å². The quantitative estimate of drug-likeness (QED) is 0.251. The Morgan fingerprint density at radius 3 is 1.76 bits per heavy atom. The van der Waals surface area contributed by atoms with Gasteiger partial charge in [-0.2, -0.15) is 0 Å². The Balaban J connectivity index is 1.71. The molecule has 0 heterocycles. The third-order valence-electron chi connectivity index (χ3n) is 6.82. The molecule has 0 saturated heterocycles. The van der Waals surface area contributed by atoms with Crippen molar-refractivity contribution in [3.8, 4) is 22.3 Å². The third-order valence-corrected chi connectivity index (χ3v) is 7.51. The maximum Gasteiger partial charge on any atom is 0.0713 e. The van der Waals surface area contributed by atoms with Crippen molar-refractivity contribution in [1.29, 1.82) is 0 Å². The summed E-state index contributed by atoms with van der Waals surface area (Å²) in [6.07, 6.45) is 0. The molecule has 33 heavy (non-hydrogen) atoms. The Labute approximate surface area is 202 Å². The number of rotatable bonds is 3. The number of hydrogen-bond acceptors (Lipinski definition) is 1. The smallest absolute Gasteiger partial charge is 0.0713 e. The molecule has 5 aromatic rings. The summed E-state index contributed by atoms with van der Waals surface area (Å²) in [7, 11) is 0. The molecule has 6 rings (SSSR count). The molecule has 0 bridgehead atoms. The van der Waals surface area contributed by atoms with Crippen LogP contribution in [0.3, 0.4) is 0 Å². The van der Waals surface area contributed by atoms with Crippen LogP contribution in [0.25, 0.3) is 22.3 Å². The highest BCUT2D eigenvalue weighted by Crippen LogP contribution is 2.56. The molecule has 1 nitrogen and oxygen atoms in total. The highest BCUT2D eigenvalue weighted by molar-refractivity contribution is 9.10. The Morgan fingerprint density at radius 1 is 0.515 bits per heavy atom. The summed E-state index contributed by atoms with van der Waals surface area (Å²) in [6, 6.07) is 43.4. The van der Waals surface area contributed by atoms with Crippen molar-refractivity contribution in [2.45, 2.75) is 5.41 Å². The standard InChI is InChI=1S/C31H22BrN/c32-29-19-9-16-24(30(29)33)21-10-8-13-23(20-21)31(22-11-2-1-3-12-22)27-17-6-4-14-25(27)26-15-5-7-18-28(26)31/h1-20H,33H2. The van der Waals surface area contributed by atoms with Crippen LogP contribution in [-0.4, -0.2) is 0 Å². The predicted octanol–water partition coefficient (Wildman–Crippen LogP) is 8.06. The van der Waals surface area contributed by atoms with Crippen LogP contribution in [-0.2, 0) is 5.41 Å². The maximum atomic E-state index is 6.47. The van der Waals surface area contributed by atoms with Crippen LogP contribution in [0.5, 0.6) is 0 Å². The van der Waals surface area contributed by atoms with E-state index in [1.54, 1.807) is 0 Å². The van der Waals surface area contributed by atoms with Gasteiger partial charge in [0.1, 0.15) is 0 Å². The van der Waals surface area contributed by atoms with Crippen LogP contribution in [0.1, 0.15) is 22.3 Å². The first kappa shape index (κ1) is 20.0. The molecule has 5 aromatic carbocycles. The first-order valence-corrected chi connectivity index (χ1v) is 11.9. The zero-order valence-corrected chi connectivity index (χ0v) is 19.6. The van der Waals surface area contributed by atoms with Crippen LogP contribution in [0.2, 0.25) is 0 Å². The molecular weight excluding hydrogens is 466 g/mol. The topological polar surface area (TPSA) is 26.0 Å². The van der Waals surface area contributed by atoms with Crippen molar-refractivity contribution in [3.05, 3.63) is 148 Å².